The molecule has 0 aliphatic heterocycles. The van der Waals surface area contributed by atoms with Crippen molar-refractivity contribution in [3.8, 4) is 0 Å². The Morgan fingerprint density at radius 3 is 2.40 bits per heavy atom. The van der Waals surface area contributed by atoms with E-state index in [9.17, 15) is 9.90 Å². The number of ether oxygens (including phenoxy) is 1. The van der Waals surface area contributed by atoms with Crippen LogP contribution in [-0.4, -0.2) is 23.4 Å². The zero-order valence-electron chi connectivity index (χ0n) is 9.74. The van der Waals surface area contributed by atoms with Crippen molar-refractivity contribution in [2.45, 2.75) is 64.6 Å². The zero-order valence-corrected chi connectivity index (χ0v) is 9.74. The van der Waals surface area contributed by atoms with Gasteiger partial charge in [0.2, 0.25) is 0 Å². The first-order valence-electron chi connectivity index (χ1n) is 5.75. The van der Waals surface area contributed by atoms with Gasteiger partial charge in [-0.2, -0.15) is 0 Å². The molecule has 0 aliphatic rings. The van der Waals surface area contributed by atoms with E-state index in [0.29, 0.717) is 12.8 Å². The second-order valence-electron chi connectivity index (χ2n) is 3.83. The van der Waals surface area contributed by atoms with Gasteiger partial charge in [0.15, 0.2) is 0 Å². The molecule has 2 atom stereocenters. The SMILES string of the molecule is CCCCCC(OC(N)=O)C(O)CCC. The van der Waals surface area contributed by atoms with Crippen LogP contribution in [0.2, 0.25) is 0 Å². The molecule has 1 amide bonds. The summed E-state index contributed by atoms with van der Waals surface area (Å²) in [6.07, 6.45) is 3.52. The summed E-state index contributed by atoms with van der Waals surface area (Å²) in [5.41, 5.74) is 4.96. The molecule has 15 heavy (non-hydrogen) atoms. The molecule has 3 N–H and O–H groups in total. The molecule has 0 saturated heterocycles. The first-order valence-corrected chi connectivity index (χ1v) is 5.75. The smallest absolute Gasteiger partial charge is 0.404 e. The second kappa shape index (κ2) is 8.53. The first kappa shape index (κ1) is 14.2. The van der Waals surface area contributed by atoms with Crippen LogP contribution in [0, 0.1) is 0 Å². The number of primary amides is 1. The average molecular weight is 217 g/mol. The van der Waals surface area contributed by atoms with Crippen LogP contribution in [-0.2, 0) is 4.74 Å². The van der Waals surface area contributed by atoms with E-state index >= 15 is 0 Å². The molecule has 0 spiro atoms. The summed E-state index contributed by atoms with van der Waals surface area (Å²) in [7, 11) is 0. The van der Waals surface area contributed by atoms with Crippen LogP contribution in [0.1, 0.15) is 52.4 Å². The van der Waals surface area contributed by atoms with Gasteiger partial charge >= 0.3 is 6.09 Å². The van der Waals surface area contributed by atoms with Crippen LogP contribution < -0.4 is 5.73 Å². The van der Waals surface area contributed by atoms with Gasteiger partial charge < -0.3 is 15.6 Å². The molecule has 0 heterocycles. The number of amides is 1. The number of aliphatic hydroxyl groups is 1. The van der Waals surface area contributed by atoms with Crippen molar-refractivity contribution < 1.29 is 14.6 Å². The average Bonchev–Trinajstić information content (AvgIpc) is 2.16. The van der Waals surface area contributed by atoms with Gasteiger partial charge in [-0.15, -0.1) is 0 Å². The van der Waals surface area contributed by atoms with Gasteiger partial charge in [0, 0.05) is 0 Å². The Morgan fingerprint density at radius 1 is 1.27 bits per heavy atom. The van der Waals surface area contributed by atoms with Gasteiger partial charge in [0.05, 0.1) is 6.10 Å². The lowest BCUT2D eigenvalue weighted by atomic mass is 10.0. The van der Waals surface area contributed by atoms with E-state index in [-0.39, 0.29) is 0 Å². The molecule has 90 valence electrons. The van der Waals surface area contributed by atoms with Crippen LogP contribution >= 0.6 is 0 Å². The minimum absolute atomic E-state index is 0.436. The number of rotatable bonds is 8. The monoisotopic (exact) mass is 217 g/mol. The van der Waals surface area contributed by atoms with Crippen LogP contribution in [0.5, 0.6) is 0 Å². The standard InChI is InChI=1S/C11H23NO3/c1-3-5-6-8-10(15-11(12)14)9(13)7-4-2/h9-10,13H,3-8H2,1-2H3,(H2,12,14). The van der Waals surface area contributed by atoms with Crippen molar-refractivity contribution in [1.82, 2.24) is 0 Å². The van der Waals surface area contributed by atoms with Crippen molar-refractivity contribution in [3.63, 3.8) is 0 Å². The molecule has 0 aliphatic carbocycles. The lowest BCUT2D eigenvalue weighted by molar-refractivity contribution is -0.00339. The largest absolute Gasteiger partial charge is 0.444 e. The number of carbonyl (C=O) groups is 1. The summed E-state index contributed by atoms with van der Waals surface area (Å²) in [6, 6.07) is 0. The molecule has 0 saturated carbocycles. The predicted molar refractivity (Wildman–Crippen MR) is 59.5 cm³/mol. The molecule has 0 fully saturated rings. The van der Waals surface area contributed by atoms with E-state index in [2.05, 4.69) is 6.92 Å². The minimum Gasteiger partial charge on any atom is -0.444 e. The Bertz CT molecular complexity index is 173. The van der Waals surface area contributed by atoms with E-state index < -0.39 is 18.3 Å². The van der Waals surface area contributed by atoms with Crippen LogP contribution in [0.25, 0.3) is 0 Å². The highest BCUT2D eigenvalue weighted by molar-refractivity contribution is 5.64. The van der Waals surface area contributed by atoms with E-state index in [1.807, 2.05) is 6.92 Å². The van der Waals surface area contributed by atoms with Gasteiger partial charge in [-0.25, -0.2) is 4.79 Å². The highest BCUT2D eigenvalue weighted by Gasteiger charge is 2.20. The van der Waals surface area contributed by atoms with Gasteiger partial charge in [-0.1, -0.05) is 33.1 Å². The van der Waals surface area contributed by atoms with Crippen molar-refractivity contribution in [2.24, 2.45) is 5.73 Å². The Hall–Kier alpha value is -0.770. The predicted octanol–water partition coefficient (Wildman–Crippen LogP) is 2.19. The van der Waals surface area contributed by atoms with E-state index in [1.54, 1.807) is 0 Å². The number of hydrogen-bond donors (Lipinski definition) is 2. The fraction of sp³-hybridized carbons (Fsp3) is 0.909. The second-order valence-corrected chi connectivity index (χ2v) is 3.83. The van der Waals surface area contributed by atoms with Crippen molar-refractivity contribution in [1.29, 1.82) is 0 Å². The molecule has 0 rings (SSSR count). The Labute approximate surface area is 91.8 Å². The molecule has 0 bridgehead atoms. The Balaban J connectivity index is 3.98. The van der Waals surface area contributed by atoms with E-state index in [4.69, 9.17) is 10.5 Å². The molecule has 2 unspecified atom stereocenters. The molecular weight excluding hydrogens is 194 g/mol. The third kappa shape index (κ3) is 7.19. The summed E-state index contributed by atoms with van der Waals surface area (Å²) in [5, 5.41) is 9.72. The summed E-state index contributed by atoms with van der Waals surface area (Å²) in [6.45, 7) is 4.09. The number of hydrogen-bond acceptors (Lipinski definition) is 3. The summed E-state index contributed by atoms with van der Waals surface area (Å²) >= 11 is 0. The third-order valence-corrected chi connectivity index (χ3v) is 2.37. The maximum absolute atomic E-state index is 10.6. The van der Waals surface area contributed by atoms with Gasteiger partial charge in [-0.05, 0) is 19.3 Å². The molecule has 0 aromatic carbocycles. The number of unbranched alkanes of at least 4 members (excludes halogenated alkanes) is 2. The Kier molecular flexibility index (Phi) is 8.09. The zero-order chi connectivity index (χ0) is 11.7. The van der Waals surface area contributed by atoms with Crippen LogP contribution in [0.3, 0.4) is 0 Å². The minimum atomic E-state index is -0.799. The molecule has 0 aromatic heterocycles. The molecule has 4 heteroatoms. The summed E-state index contributed by atoms with van der Waals surface area (Å²) in [5.74, 6) is 0. The molecule has 0 radical (unpaired) electrons. The first-order chi connectivity index (χ1) is 7.11. The highest BCUT2D eigenvalue weighted by Crippen LogP contribution is 2.14. The maximum atomic E-state index is 10.6. The fourth-order valence-electron chi connectivity index (χ4n) is 1.56. The number of aliphatic hydroxyl groups excluding tert-OH is 1. The lowest BCUT2D eigenvalue weighted by Crippen LogP contribution is -2.33. The highest BCUT2D eigenvalue weighted by atomic mass is 16.6. The number of nitrogens with two attached hydrogens (primary N) is 1. The summed E-state index contributed by atoms with van der Waals surface area (Å²) in [4.78, 5) is 10.6. The lowest BCUT2D eigenvalue weighted by Gasteiger charge is -2.21. The molecular formula is C11H23NO3. The molecule has 0 aromatic rings. The quantitative estimate of drug-likeness (QED) is 0.612. The van der Waals surface area contributed by atoms with Gasteiger partial charge in [0.1, 0.15) is 6.10 Å². The summed E-state index contributed by atoms with van der Waals surface area (Å²) < 4.78 is 4.90. The topological polar surface area (TPSA) is 72.5 Å². The molecule has 4 nitrogen and oxygen atoms in total. The van der Waals surface area contributed by atoms with Crippen LogP contribution in [0.15, 0.2) is 0 Å². The van der Waals surface area contributed by atoms with Crippen LogP contribution in [0.4, 0.5) is 4.79 Å². The third-order valence-electron chi connectivity index (χ3n) is 2.37. The van der Waals surface area contributed by atoms with E-state index in [0.717, 1.165) is 25.7 Å². The van der Waals surface area contributed by atoms with E-state index in [1.165, 1.54) is 0 Å². The van der Waals surface area contributed by atoms with Crippen molar-refractivity contribution in [3.05, 3.63) is 0 Å². The van der Waals surface area contributed by atoms with Gasteiger partial charge in [0.25, 0.3) is 0 Å². The Morgan fingerprint density at radius 2 is 1.93 bits per heavy atom. The van der Waals surface area contributed by atoms with Crippen molar-refractivity contribution in [2.75, 3.05) is 0 Å². The fourth-order valence-corrected chi connectivity index (χ4v) is 1.56. The number of carbonyl (C=O) groups excluding carboxylic acids is 1. The normalized spacial score (nSPS) is 14.6. The maximum Gasteiger partial charge on any atom is 0.404 e. The van der Waals surface area contributed by atoms with Gasteiger partial charge in [-0.3, -0.25) is 0 Å². The van der Waals surface area contributed by atoms with Crippen molar-refractivity contribution >= 4 is 6.09 Å².